The minimum atomic E-state index is -0.727. The molecule has 37 heavy (non-hydrogen) atoms. The lowest BCUT2D eigenvalue weighted by atomic mass is 9.94. The van der Waals surface area contributed by atoms with E-state index in [2.05, 4.69) is 10.4 Å². The average molecular weight is 495 g/mol. The first-order valence-electron chi connectivity index (χ1n) is 12.6. The van der Waals surface area contributed by atoms with E-state index < -0.39 is 11.9 Å². The van der Waals surface area contributed by atoms with Crippen LogP contribution in [0.15, 0.2) is 77.6 Å². The Morgan fingerprint density at radius 2 is 1.65 bits per heavy atom. The van der Waals surface area contributed by atoms with Crippen LogP contribution in [0.2, 0.25) is 0 Å². The first-order valence-corrected chi connectivity index (χ1v) is 12.6. The third kappa shape index (κ3) is 4.77. The highest BCUT2D eigenvalue weighted by atomic mass is 16.2. The van der Waals surface area contributed by atoms with Crippen LogP contribution in [0.25, 0.3) is 10.8 Å². The van der Waals surface area contributed by atoms with E-state index in [1.807, 2.05) is 69.3 Å². The lowest BCUT2D eigenvalue weighted by molar-refractivity contribution is -0.117. The Morgan fingerprint density at radius 3 is 2.38 bits per heavy atom. The molecule has 3 aromatic carbocycles. The van der Waals surface area contributed by atoms with Gasteiger partial charge in [0.2, 0.25) is 5.91 Å². The summed E-state index contributed by atoms with van der Waals surface area (Å²) in [6.45, 7) is 6.37. The third-order valence-corrected chi connectivity index (χ3v) is 6.70. The Kier molecular flexibility index (Phi) is 6.61. The molecule has 2 amide bonds. The molecule has 7 nitrogen and oxygen atoms in total. The summed E-state index contributed by atoms with van der Waals surface area (Å²) in [4.78, 5) is 42.5. The number of fused-ring (bicyclic) bond motifs is 2. The molecule has 0 spiro atoms. The fourth-order valence-electron chi connectivity index (χ4n) is 4.89. The normalized spacial score (nSPS) is 15.0. The molecule has 2 heterocycles. The number of benzene rings is 3. The number of rotatable bonds is 5. The van der Waals surface area contributed by atoms with E-state index in [0.717, 1.165) is 11.1 Å². The topological polar surface area (TPSA) is 84.3 Å². The molecule has 1 aromatic heterocycles. The zero-order valence-corrected chi connectivity index (χ0v) is 21.3. The summed E-state index contributed by atoms with van der Waals surface area (Å²) in [6, 6.07) is 21.5. The van der Waals surface area contributed by atoms with Crippen molar-refractivity contribution in [3.05, 3.63) is 100.0 Å². The Morgan fingerprint density at radius 1 is 0.973 bits per heavy atom. The molecule has 0 radical (unpaired) electrons. The molecular weight excluding hydrogens is 464 g/mol. The molecule has 0 aliphatic carbocycles. The first kappa shape index (κ1) is 24.4. The van der Waals surface area contributed by atoms with Gasteiger partial charge in [-0.15, -0.1) is 0 Å². The van der Waals surface area contributed by atoms with Crippen molar-refractivity contribution in [2.24, 2.45) is 5.92 Å². The predicted molar refractivity (Wildman–Crippen MR) is 146 cm³/mol. The molecule has 0 saturated carbocycles. The van der Waals surface area contributed by atoms with Crippen molar-refractivity contribution >= 4 is 34.0 Å². The Hall–Kier alpha value is -4.26. The maximum absolute atomic E-state index is 14.3. The predicted octanol–water partition coefficient (Wildman–Crippen LogP) is 4.96. The third-order valence-electron chi connectivity index (χ3n) is 6.70. The molecule has 1 atom stereocenters. The standard InChI is InChI=1S/C30H30N4O3/c1-19(2)18-33-29(36)24-10-6-5-9-23(24)27(32-33)30(37)34-25-11-7-4-8-21(25)14-17-26(34)28(35)31-22-15-12-20(3)13-16-22/h4-13,15-16,19,26H,14,17-18H2,1-3H3,(H,31,35). The minimum Gasteiger partial charge on any atom is -0.324 e. The summed E-state index contributed by atoms with van der Waals surface area (Å²) in [5.74, 6) is -0.491. The van der Waals surface area contributed by atoms with Gasteiger partial charge < -0.3 is 5.32 Å². The maximum Gasteiger partial charge on any atom is 0.280 e. The van der Waals surface area contributed by atoms with E-state index in [0.29, 0.717) is 41.5 Å². The van der Waals surface area contributed by atoms with Crippen molar-refractivity contribution in [3.63, 3.8) is 0 Å². The second kappa shape index (κ2) is 10.0. The Balaban J connectivity index is 1.61. The number of para-hydroxylation sites is 1. The number of nitrogens with zero attached hydrogens (tertiary/aromatic N) is 3. The van der Waals surface area contributed by atoms with E-state index in [1.54, 1.807) is 29.2 Å². The van der Waals surface area contributed by atoms with E-state index in [4.69, 9.17) is 0 Å². The summed E-state index contributed by atoms with van der Waals surface area (Å²) >= 11 is 0. The molecule has 1 aliphatic rings. The van der Waals surface area contributed by atoms with Gasteiger partial charge in [-0.05, 0) is 55.5 Å². The summed E-state index contributed by atoms with van der Waals surface area (Å²) in [7, 11) is 0. The molecule has 5 rings (SSSR count). The molecule has 0 bridgehead atoms. The van der Waals surface area contributed by atoms with Crippen molar-refractivity contribution < 1.29 is 9.59 Å². The fourth-order valence-corrected chi connectivity index (χ4v) is 4.89. The maximum atomic E-state index is 14.3. The SMILES string of the molecule is Cc1ccc(NC(=O)C2CCc3ccccc3N2C(=O)c2nn(CC(C)C)c(=O)c3ccccc23)cc1. The average Bonchev–Trinajstić information content (AvgIpc) is 2.90. The van der Waals surface area contributed by atoms with Gasteiger partial charge >= 0.3 is 0 Å². The van der Waals surface area contributed by atoms with Crippen LogP contribution in [0.1, 0.15) is 41.9 Å². The minimum absolute atomic E-state index is 0.165. The monoisotopic (exact) mass is 494 g/mol. The lowest BCUT2D eigenvalue weighted by Crippen LogP contribution is -2.50. The highest BCUT2D eigenvalue weighted by molar-refractivity contribution is 6.16. The van der Waals surface area contributed by atoms with Crippen molar-refractivity contribution in [1.29, 1.82) is 0 Å². The summed E-state index contributed by atoms with van der Waals surface area (Å²) in [6.07, 6.45) is 1.15. The Bertz CT molecular complexity index is 1540. The fraction of sp³-hybridized carbons (Fsp3) is 0.267. The zero-order chi connectivity index (χ0) is 26.1. The van der Waals surface area contributed by atoms with Gasteiger partial charge in [0, 0.05) is 23.3 Å². The first-order chi connectivity index (χ1) is 17.8. The van der Waals surface area contributed by atoms with Crippen molar-refractivity contribution in [3.8, 4) is 0 Å². The van der Waals surface area contributed by atoms with Gasteiger partial charge in [-0.25, -0.2) is 4.68 Å². The molecule has 0 fully saturated rings. The van der Waals surface area contributed by atoms with Crippen LogP contribution in [-0.2, 0) is 17.8 Å². The molecule has 0 saturated heterocycles. The van der Waals surface area contributed by atoms with Crippen LogP contribution < -0.4 is 15.8 Å². The van der Waals surface area contributed by atoms with Gasteiger partial charge in [0.25, 0.3) is 11.5 Å². The van der Waals surface area contributed by atoms with E-state index in [1.165, 1.54) is 4.68 Å². The van der Waals surface area contributed by atoms with Gasteiger partial charge in [-0.3, -0.25) is 19.3 Å². The molecule has 7 heteroatoms. The highest BCUT2D eigenvalue weighted by Crippen LogP contribution is 2.33. The van der Waals surface area contributed by atoms with E-state index >= 15 is 0 Å². The number of amides is 2. The van der Waals surface area contributed by atoms with E-state index in [9.17, 15) is 14.4 Å². The van der Waals surface area contributed by atoms with Crippen LogP contribution in [-0.4, -0.2) is 27.6 Å². The molecule has 1 unspecified atom stereocenters. The van der Waals surface area contributed by atoms with Crippen LogP contribution >= 0.6 is 0 Å². The van der Waals surface area contributed by atoms with Crippen LogP contribution in [0.4, 0.5) is 11.4 Å². The van der Waals surface area contributed by atoms with Gasteiger partial charge in [0.15, 0.2) is 5.69 Å². The van der Waals surface area contributed by atoms with Gasteiger partial charge in [-0.2, -0.15) is 5.10 Å². The largest absolute Gasteiger partial charge is 0.324 e. The van der Waals surface area contributed by atoms with Crippen molar-refractivity contribution in [1.82, 2.24) is 9.78 Å². The zero-order valence-electron chi connectivity index (χ0n) is 21.3. The van der Waals surface area contributed by atoms with Crippen molar-refractivity contribution in [2.45, 2.75) is 46.2 Å². The van der Waals surface area contributed by atoms with Crippen LogP contribution in [0.5, 0.6) is 0 Å². The smallest absolute Gasteiger partial charge is 0.280 e. The number of nitrogens with one attached hydrogen (secondary N) is 1. The Labute approximate surface area is 215 Å². The number of aromatic nitrogens is 2. The second-order valence-electron chi connectivity index (χ2n) is 9.99. The molecule has 188 valence electrons. The summed E-state index contributed by atoms with van der Waals surface area (Å²) < 4.78 is 1.37. The van der Waals surface area contributed by atoms with E-state index in [-0.39, 0.29) is 23.1 Å². The summed E-state index contributed by atoms with van der Waals surface area (Å²) in [5, 5.41) is 8.46. The van der Waals surface area contributed by atoms with Gasteiger partial charge in [0.1, 0.15) is 6.04 Å². The lowest BCUT2D eigenvalue weighted by Gasteiger charge is -2.36. The molecular formula is C30H30N4O3. The number of anilines is 2. The number of hydrogen-bond acceptors (Lipinski definition) is 4. The van der Waals surface area contributed by atoms with Gasteiger partial charge in [0.05, 0.1) is 5.39 Å². The quantitative estimate of drug-likeness (QED) is 0.425. The highest BCUT2D eigenvalue weighted by Gasteiger charge is 2.37. The van der Waals surface area contributed by atoms with Crippen LogP contribution in [0.3, 0.4) is 0 Å². The van der Waals surface area contributed by atoms with Crippen molar-refractivity contribution in [2.75, 3.05) is 10.2 Å². The molecule has 4 aromatic rings. The number of carbonyl (C=O) groups is 2. The van der Waals surface area contributed by atoms with Gasteiger partial charge in [-0.1, -0.05) is 67.9 Å². The second-order valence-corrected chi connectivity index (χ2v) is 9.99. The number of carbonyl (C=O) groups excluding carboxylic acids is 2. The number of aryl methyl sites for hydroxylation is 2. The molecule has 1 N–H and O–H groups in total. The number of hydrogen-bond donors (Lipinski definition) is 1. The molecule has 1 aliphatic heterocycles. The summed E-state index contributed by atoms with van der Waals surface area (Å²) in [5.41, 5.74) is 3.39. The van der Waals surface area contributed by atoms with Crippen LogP contribution in [0, 0.1) is 12.8 Å².